The van der Waals surface area contributed by atoms with E-state index < -0.39 is 0 Å². The molecule has 2 amide bonds. The first-order chi connectivity index (χ1) is 14.4. The first-order valence-corrected chi connectivity index (χ1v) is 11.3. The van der Waals surface area contributed by atoms with Gasteiger partial charge in [0.1, 0.15) is 5.75 Å². The van der Waals surface area contributed by atoms with Crippen LogP contribution in [0.3, 0.4) is 0 Å². The summed E-state index contributed by atoms with van der Waals surface area (Å²) in [5, 5.41) is 3.58. The summed E-state index contributed by atoms with van der Waals surface area (Å²) in [6.07, 6.45) is 4.72. The number of carbonyl (C=O) groups excluding carboxylic acids is 2. The number of hydrogen-bond donors (Lipinski definition) is 2. The number of nitrogens with zero attached hydrogens (tertiary/aromatic N) is 2. The number of amides is 2. The number of likely N-dealkylation sites (tertiary alicyclic amines) is 2. The smallest absolute Gasteiger partial charge is 0.255 e. The number of nitrogens with two attached hydrogens (primary N) is 1. The summed E-state index contributed by atoms with van der Waals surface area (Å²) >= 11 is 6.23. The second kappa shape index (κ2) is 9.02. The van der Waals surface area contributed by atoms with Gasteiger partial charge in [-0.1, -0.05) is 11.6 Å². The highest BCUT2D eigenvalue weighted by atomic mass is 35.5. The van der Waals surface area contributed by atoms with E-state index in [4.69, 9.17) is 22.1 Å². The van der Waals surface area contributed by atoms with E-state index in [0.717, 1.165) is 64.0 Å². The number of hydrogen-bond acceptors (Lipinski definition) is 5. The quantitative estimate of drug-likeness (QED) is 0.710. The van der Waals surface area contributed by atoms with Crippen LogP contribution in [0.5, 0.6) is 5.75 Å². The molecule has 30 heavy (non-hydrogen) atoms. The topological polar surface area (TPSA) is 87.9 Å². The van der Waals surface area contributed by atoms with Gasteiger partial charge in [0.05, 0.1) is 22.9 Å². The van der Waals surface area contributed by atoms with Crippen LogP contribution in [-0.2, 0) is 11.2 Å². The van der Waals surface area contributed by atoms with Crippen molar-refractivity contribution in [2.75, 3.05) is 45.1 Å². The highest BCUT2D eigenvalue weighted by molar-refractivity contribution is 6.33. The van der Waals surface area contributed by atoms with Gasteiger partial charge in [-0.25, -0.2) is 0 Å². The molecule has 4 rings (SSSR count). The monoisotopic (exact) mass is 434 g/mol. The Morgan fingerprint density at radius 1 is 1.20 bits per heavy atom. The number of anilines is 1. The molecule has 0 saturated carbocycles. The van der Waals surface area contributed by atoms with E-state index >= 15 is 0 Å². The SMILES string of the molecule is CC(=O)N1CCC(CN2CCC(NC(=O)c3cc(Cl)c(N)c4c3OCC4)CC2)CC1. The second-order valence-corrected chi connectivity index (χ2v) is 9.13. The minimum atomic E-state index is -0.134. The third kappa shape index (κ3) is 4.52. The summed E-state index contributed by atoms with van der Waals surface area (Å²) in [5.74, 6) is 1.29. The van der Waals surface area contributed by atoms with Crippen molar-refractivity contribution in [1.82, 2.24) is 15.1 Å². The van der Waals surface area contributed by atoms with Crippen molar-refractivity contribution >= 4 is 29.1 Å². The summed E-state index contributed by atoms with van der Waals surface area (Å²) in [5.41, 5.74) is 7.88. The van der Waals surface area contributed by atoms with Crippen LogP contribution in [0.2, 0.25) is 5.02 Å². The van der Waals surface area contributed by atoms with Crippen LogP contribution < -0.4 is 15.8 Å². The maximum atomic E-state index is 12.9. The van der Waals surface area contributed by atoms with Gasteiger partial charge in [0.15, 0.2) is 0 Å². The zero-order valence-electron chi connectivity index (χ0n) is 17.6. The van der Waals surface area contributed by atoms with Crippen LogP contribution in [0, 0.1) is 5.92 Å². The molecule has 3 heterocycles. The summed E-state index contributed by atoms with van der Waals surface area (Å²) in [6, 6.07) is 1.78. The first-order valence-electron chi connectivity index (χ1n) is 10.9. The Kier molecular flexibility index (Phi) is 6.39. The lowest BCUT2D eigenvalue weighted by Crippen LogP contribution is -2.47. The Morgan fingerprint density at radius 2 is 1.90 bits per heavy atom. The van der Waals surface area contributed by atoms with Crippen LogP contribution in [0.15, 0.2) is 6.07 Å². The molecule has 7 nitrogen and oxygen atoms in total. The van der Waals surface area contributed by atoms with E-state index in [1.807, 2.05) is 4.90 Å². The van der Waals surface area contributed by atoms with E-state index in [1.165, 1.54) is 0 Å². The lowest BCUT2D eigenvalue weighted by atomic mass is 9.94. The molecule has 8 heteroatoms. The molecule has 2 fully saturated rings. The molecule has 164 valence electrons. The molecule has 0 bridgehead atoms. The minimum Gasteiger partial charge on any atom is -0.492 e. The highest BCUT2D eigenvalue weighted by Crippen LogP contribution is 2.38. The molecular formula is C22H31ClN4O3. The maximum absolute atomic E-state index is 12.9. The zero-order valence-corrected chi connectivity index (χ0v) is 18.3. The molecule has 3 N–H and O–H groups in total. The molecule has 0 aliphatic carbocycles. The fourth-order valence-corrected chi connectivity index (χ4v) is 5.08. The molecule has 0 aromatic heterocycles. The number of halogens is 1. The van der Waals surface area contributed by atoms with Crippen LogP contribution >= 0.6 is 11.6 Å². The van der Waals surface area contributed by atoms with Gasteiger partial charge in [-0.05, 0) is 37.7 Å². The van der Waals surface area contributed by atoms with Gasteiger partial charge in [-0.15, -0.1) is 0 Å². The molecule has 0 unspecified atom stereocenters. The molecule has 3 aliphatic rings. The molecule has 1 aromatic rings. The number of piperidine rings is 2. The summed E-state index contributed by atoms with van der Waals surface area (Å²) in [7, 11) is 0. The number of nitrogen functional groups attached to an aromatic ring is 1. The van der Waals surface area contributed by atoms with Gasteiger partial charge in [0.25, 0.3) is 5.91 Å². The van der Waals surface area contributed by atoms with E-state index in [9.17, 15) is 9.59 Å². The van der Waals surface area contributed by atoms with Crippen LogP contribution in [-0.4, -0.2) is 67.0 Å². The van der Waals surface area contributed by atoms with Gasteiger partial charge < -0.3 is 25.6 Å². The van der Waals surface area contributed by atoms with Crippen molar-refractivity contribution in [1.29, 1.82) is 0 Å². The third-order valence-corrected chi connectivity index (χ3v) is 7.03. The van der Waals surface area contributed by atoms with E-state index in [-0.39, 0.29) is 17.9 Å². The predicted octanol–water partition coefficient (Wildman–Crippen LogP) is 2.31. The summed E-state index contributed by atoms with van der Waals surface area (Å²) in [6.45, 7) is 6.99. The predicted molar refractivity (Wildman–Crippen MR) is 117 cm³/mol. The Bertz CT molecular complexity index is 815. The normalized spacial score (nSPS) is 20.7. The lowest BCUT2D eigenvalue weighted by molar-refractivity contribution is -0.130. The molecule has 0 radical (unpaired) electrons. The van der Waals surface area contributed by atoms with Crippen LogP contribution in [0.25, 0.3) is 0 Å². The molecule has 0 atom stereocenters. The standard InChI is InChI=1S/C22H31ClN4O3/c1-14(28)27-9-2-15(3-10-27)13-26-7-4-16(5-8-26)25-22(29)18-12-19(23)20(24)17-6-11-30-21(17)18/h12,15-16H,2-11,13,24H2,1H3,(H,25,29). The highest BCUT2D eigenvalue weighted by Gasteiger charge is 2.29. The Hall–Kier alpha value is -1.99. The molecule has 2 saturated heterocycles. The lowest BCUT2D eigenvalue weighted by Gasteiger charge is -2.37. The Labute approximate surface area is 182 Å². The average molecular weight is 435 g/mol. The van der Waals surface area contributed by atoms with Gasteiger partial charge in [-0.2, -0.15) is 0 Å². The van der Waals surface area contributed by atoms with E-state index in [2.05, 4.69) is 10.2 Å². The third-order valence-electron chi connectivity index (χ3n) is 6.71. The van der Waals surface area contributed by atoms with Gasteiger partial charge in [-0.3, -0.25) is 9.59 Å². The fourth-order valence-electron chi connectivity index (χ4n) is 4.85. The average Bonchev–Trinajstić information content (AvgIpc) is 3.22. The zero-order chi connectivity index (χ0) is 21.3. The number of ether oxygens (including phenoxy) is 1. The van der Waals surface area contributed by atoms with Gasteiger partial charge in [0.2, 0.25) is 5.91 Å². The van der Waals surface area contributed by atoms with Crippen molar-refractivity contribution in [3.63, 3.8) is 0 Å². The molecule has 3 aliphatic heterocycles. The number of benzene rings is 1. The number of rotatable bonds is 4. The molecule has 0 spiro atoms. The van der Waals surface area contributed by atoms with E-state index in [1.54, 1.807) is 13.0 Å². The maximum Gasteiger partial charge on any atom is 0.255 e. The molecular weight excluding hydrogens is 404 g/mol. The number of nitrogens with one attached hydrogen (secondary N) is 1. The van der Waals surface area contributed by atoms with Crippen molar-refractivity contribution in [3.8, 4) is 5.75 Å². The summed E-state index contributed by atoms with van der Waals surface area (Å²) in [4.78, 5) is 28.8. The fraction of sp³-hybridized carbons (Fsp3) is 0.636. The Balaban J connectivity index is 1.27. The van der Waals surface area contributed by atoms with Crippen molar-refractivity contribution in [2.45, 2.75) is 45.1 Å². The van der Waals surface area contributed by atoms with Crippen molar-refractivity contribution in [3.05, 3.63) is 22.2 Å². The number of carbonyl (C=O) groups is 2. The number of fused-ring (bicyclic) bond motifs is 1. The Morgan fingerprint density at radius 3 is 2.57 bits per heavy atom. The van der Waals surface area contributed by atoms with Crippen LogP contribution in [0.1, 0.15) is 48.5 Å². The largest absolute Gasteiger partial charge is 0.492 e. The minimum absolute atomic E-state index is 0.134. The van der Waals surface area contributed by atoms with E-state index in [0.29, 0.717) is 41.0 Å². The summed E-state index contributed by atoms with van der Waals surface area (Å²) < 4.78 is 5.67. The van der Waals surface area contributed by atoms with Gasteiger partial charge >= 0.3 is 0 Å². The van der Waals surface area contributed by atoms with Crippen molar-refractivity contribution < 1.29 is 14.3 Å². The van der Waals surface area contributed by atoms with Gasteiger partial charge in [0, 0.05) is 57.7 Å². The first kappa shape index (κ1) is 21.2. The van der Waals surface area contributed by atoms with Crippen molar-refractivity contribution in [2.24, 2.45) is 5.92 Å². The van der Waals surface area contributed by atoms with Crippen LogP contribution in [0.4, 0.5) is 5.69 Å². The molecule has 1 aromatic carbocycles. The second-order valence-electron chi connectivity index (χ2n) is 8.72.